The second-order valence-electron chi connectivity index (χ2n) is 18.3. The van der Waals surface area contributed by atoms with Crippen LogP contribution in [0.4, 0.5) is 0 Å². The summed E-state index contributed by atoms with van der Waals surface area (Å²) >= 11 is 9.54. The largest absolute Gasteiger partial charge is 0.373 e. The van der Waals surface area contributed by atoms with Crippen LogP contribution >= 0.6 is 111 Å². The Morgan fingerprint density at radius 2 is 0.914 bits per heavy atom. The zero-order chi connectivity index (χ0) is 44.7. The van der Waals surface area contributed by atoms with Gasteiger partial charge in [0.2, 0.25) is 0 Å². The molecule has 58 heavy (non-hydrogen) atoms. The van der Waals surface area contributed by atoms with Crippen molar-refractivity contribution >= 4 is 135 Å². The summed E-state index contributed by atoms with van der Waals surface area (Å²) in [6.45, 7) is 25.7. The van der Waals surface area contributed by atoms with Gasteiger partial charge in [0.1, 0.15) is 5.78 Å². The summed E-state index contributed by atoms with van der Waals surface area (Å²) in [6.07, 6.45) is 31.3. The van der Waals surface area contributed by atoms with E-state index in [-0.39, 0.29) is 54.8 Å². The second-order valence-corrected chi connectivity index (χ2v) is 34.6. The SMILES string of the molecule is CC/C=C1\CCCC(C)(C)C1.CC1(C)CCCC(=O)C1.CCCC1CCCC(C)(C)C1.CCCC1CCCC(C)(C)C1.Cl.I.II.I[I-]I.O=C=O.O=C=O.O=C=O. The normalized spacial score (nSPS) is 21.6. The van der Waals surface area contributed by atoms with Crippen molar-refractivity contribution in [3.8, 4) is 0 Å². The molecule has 0 N–H and O–H groups in total. The fourth-order valence-electron chi connectivity index (χ4n) is 8.54. The molecule has 4 aliphatic rings. The Labute approximate surface area is 432 Å². The zero-order valence-corrected chi connectivity index (χ0v) is 51.6. The molecule has 0 spiro atoms. The van der Waals surface area contributed by atoms with Crippen LogP contribution in [0.1, 0.15) is 211 Å². The molecule has 0 aliphatic heterocycles. The van der Waals surface area contributed by atoms with Crippen LogP contribution < -0.4 is 13.3 Å². The molecule has 0 amide bonds. The zero-order valence-electron chi connectivity index (χ0n) is 37.6. The van der Waals surface area contributed by atoms with Gasteiger partial charge >= 0.3 is 68.9 Å². The van der Waals surface area contributed by atoms with Gasteiger partial charge in [-0.25, -0.2) is 0 Å². The van der Waals surface area contributed by atoms with Crippen molar-refractivity contribution in [2.45, 2.75) is 211 Å². The van der Waals surface area contributed by atoms with Crippen LogP contribution in [0.5, 0.6) is 0 Å². The Balaban J connectivity index is -0.000000107. The van der Waals surface area contributed by atoms with Crippen molar-refractivity contribution < 1.29 is 46.8 Å². The Morgan fingerprint density at radius 3 is 1.16 bits per heavy atom. The molecular weight excluding hydrogens is 1440 g/mol. The van der Waals surface area contributed by atoms with Crippen molar-refractivity contribution in [2.75, 3.05) is 0 Å². The number of halogens is 7. The molecule has 4 saturated carbocycles. The number of ketones is 1. The van der Waals surface area contributed by atoms with Crippen LogP contribution in [0.15, 0.2) is 11.6 Å². The van der Waals surface area contributed by atoms with Gasteiger partial charge in [0.25, 0.3) is 0 Å². The Bertz CT molecular complexity index is 1020. The molecule has 4 rings (SSSR count). The quantitative estimate of drug-likeness (QED) is 0.199. The minimum atomic E-state index is 0. The topological polar surface area (TPSA) is 119 Å². The van der Waals surface area contributed by atoms with E-state index in [9.17, 15) is 4.79 Å². The molecule has 2 unspecified atom stereocenters. The number of carbonyl (C=O) groups excluding carboxylic acids is 7. The van der Waals surface area contributed by atoms with Gasteiger partial charge in [-0.3, -0.25) is 4.79 Å². The molecule has 0 aromatic rings. The van der Waals surface area contributed by atoms with Crippen molar-refractivity contribution in [1.29, 1.82) is 0 Å². The molecule has 0 bridgehead atoms. The summed E-state index contributed by atoms with van der Waals surface area (Å²) in [5.74, 6) is 2.54. The first-order chi connectivity index (χ1) is 26.2. The molecule has 348 valence electrons. The molecule has 4 aliphatic carbocycles. The molecule has 14 heteroatoms. The van der Waals surface area contributed by atoms with E-state index < -0.39 is 0 Å². The van der Waals surface area contributed by atoms with Crippen LogP contribution in [0.25, 0.3) is 0 Å². The minimum absolute atomic E-state index is 0. The van der Waals surface area contributed by atoms with E-state index >= 15 is 0 Å². The van der Waals surface area contributed by atoms with Gasteiger partial charge in [-0.15, -0.1) is 36.4 Å². The van der Waals surface area contributed by atoms with E-state index in [1.807, 2.05) is 0 Å². The molecular formula is C44H80ClI6O7-. The second kappa shape index (κ2) is 48.7. The fourth-order valence-corrected chi connectivity index (χ4v) is 8.54. The Kier molecular flexibility index (Phi) is 62.6. The number of rotatable bonds is 5. The first-order valence-corrected chi connectivity index (χ1v) is 39.2. The van der Waals surface area contributed by atoms with Gasteiger partial charge in [0, 0.05) is 50.1 Å². The number of hydrogen-bond donors (Lipinski definition) is 0. The standard InChI is InChI=1S/2C11H22.C11H20.C8H14O.3CO2.ClH.I3.I2.HI/c3*1-4-6-10-7-5-8-11(2,3)9-10;1-8(2)5-3-4-7(9)6-8;3*2-1-3;;1-3-2;1-2;/h2*10H,4-9H2,1-3H3;6H,4-5,7-9H2,1-3H3;3-6H2,1-2H3;;;;1H;;;1H/q;;;;;;;;-1;;/b;;10-6+;;;;;;;;. The monoisotopic (exact) mass is 1520 g/mol. The molecule has 0 heterocycles. The first kappa shape index (κ1) is 74.6. The Hall–Kier alpha value is 2.22. The fraction of sp³-hybridized carbons (Fsp3) is 0.864. The third kappa shape index (κ3) is 54.4. The van der Waals surface area contributed by atoms with Gasteiger partial charge in [0.15, 0.2) is 0 Å². The summed E-state index contributed by atoms with van der Waals surface area (Å²) in [6, 6.07) is 0. The molecule has 0 aromatic carbocycles. The summed E-state index contributed by atoms with van der Waals surface area (Å²) in [5, 5.41) is 0. The predicted octanol–water partition coefficient (Wildman–Crippen LogP) is 13.9. The van der Waals surface area contributed by atoms with Crippen LogP contribution in [0.2, 0.25) is 0 Å². The molecule has 7 nitrogen and oxygen atoms in total. The minimum Gasteiger partial charge on any atom is -0.186 e. The van der Waals surface area contributed by atoms with Gasteiger partial charge < -0.3 is 0 Å². The van der Waals surface area contributed by atoms with Gasteiger partial charge in [-0.05, 0) is 104 Å². The van der Waals surface area contributed by atoms with E-state index in [2.05, 4.69) is 157 Å². The molecule has 2 atom stereocenters. The predicted molar refractivity (Wildman–Crippen MR) is 283 cm³/mol. The van der Waals surface area contributed by atoms with Crippen LogP contribution in [0.3, 0.4) is 0 Å². The van der Waals surface area contributed by atoms with E-state index in [0.29, 0.717) is 40.7 Å². The van der Waals surface area contributed by atoms with Gasteiger partial charge in [-0.2, -0.15) is 28.8 Å². The molecule has 0 saturated heterocycles. The number of carbonyl (C=O) groups is 1. The van der Waals surface area contributed by atoms with Gasteiger partial charge in [-0.1, -0.05) is 139 Å². The van der Waals surface area contributed by atoms with Gasteiger partial charge in [0.05, 0.1) is 0 Å². The van der Waals surface area contributed by atoms with E-state index in [1.165, 1.54) is 116 Å². The maximum Gasteiger partial charge on any atom is 0.373 e. The smallest absolute Gasteiger partial charge is 0.186 e. The van der Waals surface area contributed by atoms with Crippen molar-refractivity contribution in [2.24, 2.45) is 33.5 Å². The van der Waals surface area contributed by atoms with Crippen molar-refractivity contribution in [1.82, 2.24) is 0 Å². The molecule has 4 fully saturated rings. The third-order valence-corrected chi connectivity index (χ3v) is 10.5. The molecule has 0 aromatic heterocycles. The third-order valence-electron chi connectivity index (χ3n) is 10.5. The van der Waals surface area contributed by atoms with Crippen molar-refractivity contribution in [3.05, 3.63) is 11.6 Å². The number of Topliss-reactive ketones (excluding diaryl/α,β-unsaturated/α-hetero) is 1. The summed E-state index contributed by atoms with van der Waals surface area (Å²) < 4.78 is 0. The number of hydrogen-bond acceptors (Lipinski definition) is 7. The van der Waals surface area contributed by atoms with Crippen LogP contribution in [-0.2, 0) is 33.6 Å². The van der Waals surface area contributed by atoms with Crippen LogP contribution in [-0.4, -0.2) is 24.2 Å². The van der Waals surface area contributed by atoms with Crippen molar-refractivity contribution in [3.63, 3.8) is 0 Å². The average molecular weight is 1520 g/mol. The first-order valence-electron chi connectivity index (χ1n) is 20.4. The average Bonchev–Trinajstić information content (AvgIpc) is 3.07. The maximum absolute atomic E-state index is 10.9. The maximum atomic E-state index is 10.9. The molecule has 0 radical (unpaired) electrons. The van der Waals surface area contributed by atoms with E-state index in [0.717, 1.165) is 31.1 Å². The van der Waals surface area contributed by atoms with E-state index in [1.54, 1.807) is 5.57 Å². The number of allylic oxidation sites excluding steroid dienone is 2. The summed E-state index contributed by atoms with van der Waals surface area (Å²) in [7, 11) is 0. The van der Waals surface area contributed by atoms with Crippen LogP contribution in [0, 0.1) is 33.5 Å². The summed E-state index contributed by atoms with van der Waals surface area (Å²) in [4.78, 5) is 59.6. The Morgan fingerprint density at radius 1 is 0.603 bits per heavy atom. The van der Waals surface area contributed by atoms with E-state index in [4.69, 9.17) is 28.8 Å². The summed E-state index contributed by atoms with van der Waals surface area (Å²) in [5.41, 5.74) is 3.88.